The van der Waals surface area contributed by atoms with E-state index in [0.717, 1.165) is 23.1 Å². The Bertz CT molecular complexity index is 756. The number of nitrogens with one attached hydrogen (secondary N) is 3. The molecule has 24 heavy (non-hydrogen) atoms. The second-order valence-electron chi connectivity index (χ2n) is 5.37. The first-order chi connectivity index (χ1) is 11.4. The lowest BCUT2D eigenvalue weighted by Gasteiger charge is -2.16. The third kappa shape index (κ3) is 5.86. The monoisotopic (exact) mass is 367 g/mol. The number of thiophene rings is 1. The van der Waals surface area contributed by atoms with E-state index in [1.165, 1.54) is 0 Å². The minimum Gasteiger partial charge on any atom is -0.334 e. The summed E-state index contributed by atoms with van der Waals surface area (Å²) in [4.78, 5) is 13.2. The Kier molecular flexibility index (Phi) is 6.22. The van der Waals surface area contributed by atoms with Crippen molar-refractivity contribution in [3.8, 4) is 0 Å². The van der Waals surface area contributed by atoms with Crippen LogP contribution < -0.4 is 15.4 Å². The van der Waals surface area contributed by atoms with Crippen molar-refractivity contribution in [2.45, 2.75) is 25.9 Å². The number of urea groups is 1. The summed E-state index contributed by atoms with van der Waals surface area (Å²) in [6, 6.07) is 10.6. The topological polar surface area (TPSA) is 87.3 Å². The molecular weight excluding hydrogens is 346 g/mol. The molecule has 1 heterocycles. The first kappa shape index (κ1) is 18.3. The zero-order valence-corrected chi connectivity index (χ0v) is 15.2. The van der Waals surface area contributed by atoms with Crippen LogP contribution in [0.3, 0.4) is 0 Å². The highest BCUT2D eigenvalue weighted by atomic mass is 32.2. The Morgan fingerprint density at radius 1 is 1.21 bits per heavy atom. The van der Waals surface area contributed by atoms with Crippen LogP contribution in [0.15, 0.2) is 41.8 Å². The van der Waals surface area contributed by atoms with Gasteiger partial charge in [-0.1, -0.05) is 25.1 Å². The van der Waals surface area contributed by atoms with E-state index in [9.17, 15) is 13.2 Å². The van der Waals surface area contributed by atoms with Gasteiger partial charge in [0, 0.05) is 17.1 Å². The molecule has 2 amide bonds. The molecule has 0 saturated carbocycles. The second kappa shape index (κ2) is 8.16. The summed E-state index contributed by atoms with van der Waals surface area (Å²) in [6.45, 7) is 2.39. The van der Waals surface area contributed by atoms with Crippen LogP contribution in [0.2, 0.25) is 0 Å². The average Bonchev–Trinajstić information content (AvgIpc) is 3.04. The largest absolute Gasteiger partial charge is 0.334 e. The molecule has 2 rings (SSSR count). The summed E-state index contributed by atoms with van der Waals surface area (Å²) < 4.78 is 24.7. The zero-order valence-electron chi connectivity index (χ0n) is 13.6. The van der Waals surface area contributed by atoms with Crippen LogP contribution in [-0.2, 0) is 16.6 Å². The molecule has 0 fully saturated rings. The van der Waals surface area contributed by atoms with E-state index in [2.05, 4.69) is 15.4 Å². The van der Waals surface area contributed by atoms with E-state index in [-0.39, 0.29) is 12.1 Å². The predicted molar refractivity (Wildman–Crippen MR) is 97.6 cm³/mol. The van der Waals surface area contributed by atoms with E-state index in [0.29, 0.717) is 12.2 Å². The van der Waals surface area contributed by atoms with Gasteiger partial charge in [-0.05, 0) is 35.6 Å². The highest BCUT2D eigenvalue weighted by Gasteiger charge is 2.13. The van der Waals surface area contributed by atoms with Gasteiger partial charge in [0.2, 0.25) is 10.0 Å². The van der Waals surface area contributed by atoms with Crippen molar-refractivity contribution in [1.82, 2.24) is 10.6 Å². The Morgan fingerprint density at radius 2 is 1.92 bits per heavy atom. The summed E-state index contributed by atoms with van der Waals surface area (Å²) in [6.07, 6.45) is 1.92. The maximum absolute atomic E-state index is 12.0. The summed E-state index contributed by atoms with van der Waals surface area (Å²) >= 11 is 1.62. The minimum absolute atomic E-state index is 0.00587. The molecule has 2 aromatic rings. The molecule has 1 aromatic heterocycles. The van der Waals surface area contributed by atoms with E-state index in [1.54, 1.807) is 35.6 Å². The average molecular weight is 367 g/mol. The van der Waals surface area contributed by atoms with Gasteiger partial charge in [-0.2, -0.15) is 0 Å². The molecule has 8 heteroatoms. The third-order valence-corrected chi connectivity index (χ3v) is 4.90. The maximum atomic E-state index is 12.0. The molecule has 6 nitrogen and oxygen atoms in total. The van der Waals surface area contributed by atoms with Crippen LogP contribution in [0.4, 0.5) is 10.5 Å². The van der Waals surface area contributed by atoms with E-state index in [1.807, 2.05) is 24.4 Å². The number of amides is 2. The highest BCUT2D eigenvalue weighted by Crippen LogP contribution is 2.21. The van der Waals surface area contributed by atoms with Crippen LogP contribution in [0, 0.1) is 0 Å². The van der Waals surface area contributed by atoms with Crippen LogP contribution in [0.5, 0.6) is 0 Å². The number of carbonyl (C=O) groups excluding carboxylic acids is 1. The van der Waals surface area contributed by atoms with Crippen molar-refractivity contribution in [2.24, 2.45) is 0 Å². The first-order valence-electron chi connectivity index (χ1n) is 7.52. The summed E-state index contributed by atoms with van der Waals surface area (Å²) in [7, 11) is -3.28. The van der Waals surface area contributed by atoms with Gasteiger partial charge >= 0.3 is 6.03 Å². The van der Waals surface area contributed by atoms with Gasteiger partial charge < -0.3 is 10.6 Å². The van der Waals surface area contributed by atoms with Crippen molar-refractivity contribution in [1.29, 1.82) is 0 Å². The lowest BCUT2D eigenvalue weighted by atomic mass is 10.2. The van der Waals surface area contributed by atoms with Gasteiger partial charge in [-0.25, -0.2) is 13.2 Å². The van der Waals surface area contributed by atoms with Crippen LogP contribution in [-0.4, -0.2) is 20.7 Å². The third-order valence-electron chi connectivity index (χ3n) is 3.31. The molecule has 0 aliphatic heterocycles. The smallest absolute Gasteiger partial charge is 0.315 e. The maximum Gasteiger partial charge on any atom is 0.315 e. The molecule has 0 saturated heterocycles. The lowest BCUT2D eigenvalue weighted by molar-refractivity contribution is 0.236. The number of hydrogen-bond donors (Lipinski definition) is 3. The van der Waals surface area contributed by atoms with Crippen molar-refractivity contribution in [3.05, 3.63) is 52.2 Å². The van der Waals surface area contributed by atoms with Gasteiger partial charge in [0.15, 0.2) is 0 Å². The first-order valence-corrected chi connectivity index (χ1v) is 10.3. The van der Waals surface area contributed by atoms with Crippen LogP contribution in [0.1, 0.15) is 29.8 Å². The number of hydrogen-bond acceptors (Lipinski definition) is 4. The van der Waals surface area contributed by atoms with Crippen molar-refractivity contribution in [2.75, 3.05) is 11.0 Å². The number of anilines is 1. The zero-order chi connectivity index (χ0) is 17.6. The van der Waals surface area contributed by atoms with Gasteiger partial charge in [0.05, 0.1) is 12.3 Å². The van der Waals surface area contributed by atoms with Gasteiger partial charge in [0.1, 0.15) is 0 Å². The molecule has 1 atom stereocenters. The predicted octanol–water partition coefficient (Wildman–Crippen LogP) is 3.07. The van der Waals surface area contributed by atoms with Crippen LogP contribution >= 0.6 is 11.3 Å². The summed E-state index contributed by atoms with van der Waals surface area (Å²) in [5.74, 6) is 0. The molecule has 0 radical (unpaired) electrons. The molecule has 0 bridgehead atoms. The quantitative estimate of drug-likeness (QED) is 0.703. The van der Waals surface area contributed by atoms with E-state index < -0.39 is 10.0 Å². The lowest BCUT2D eigenvalue weighted by Crippen LogP contribution is -2.37. The second-order valence-corrected chi connectivity index (χ2v) is 8.10. The normalized spacial score (nSPS) is 12.4. The van der Waals surface area contributed by atoms with Crippen molar-refractivity contribution >= 4 is 33.1 Å². The van der Waals surface area contributed by atoms with Crippen molar-refractivity contribution < 1.29 is 13.2 Å². The van der Waals surface area contributed by atoms with Gasteiger partial charge in [-0.15, -0.1) is 11.3 Å². The van der Waals surface area contributed by atoms with E-state index >= 15 is 0 Å². The molecule has 0 aliphatic rings. The Balaban J connectivity index is 1.85. The Labute approximate surface area is 146 Å². The molecule has 1 unspecified atom stereocenters. The number of rotatable bonds is 7. The van der Waals surface area contributed by atoms with E-state index in [4.69, 9.17) is 0 Å². The highest BCUT2D eigenvalue weighted by molar-refractivity contribution is 7.92. The molecule has 3 N–H and O–H groups in total. The number of carbonyl (C=O) groups is 1. The summed E-state index contributed by atoms with van der Waals surface area (Å²) in [5, 5.41) is 7.75. The fraction of sp³-hybridized carbons (Fsp3) is 0.312. The Hall–Kier alpha value is -2.06. The molecular formula is C16H21N3O3S2. The van der Waals surface area contributed by atoms with Crippen LogP contribution in [0.25, 0.3) is 0 Å². The number of sulfonamides is 1. The molecule has 1 aromatic carbocycles. The molecule has 0 spiro atoms. The number of benzene rings is 1. The van der Waals surface area contributed by atoms with Gasteiger partial charge in [-0.3, -0.25) is 4.72 Å². The Morgan fingerprint density at radius 3 is 2.46 bits per heavy atom. The summed E-state index contributed by atoms with van der Waals surface area (Å²) in [5.41, 5.74) is 1.38. The molecule has 0 aliphatic carbocycles. The fourth-order valence-electron chi connectivity index (χ4n) is 2.16. The van der Waals surface area contributed by atoms with Gasteiger partial charge in [0.25, 0.3) is 0 Å². The van der Waals surface area contributed by atoms with Crippen molar-refractivity contribution in [3.63, 3.8) is 0 Å². The molecule has 130 valence electrons. The standard InChI is InChI=1S/C16H21N3O3S2/c1-3-14(15-5-4-10-23-15)18-16(20)17-11-12-6-8-13(9-7-12)19-24(2,21)22/h4-10,14,19H,3,11H2,1-2H3,(H2,17,18,20). The minimum atomic E-state index is -3.28. The fourth-order valence-corrected chi connectivity index (χ4v) is 3.59. The SMILES string of the molecule is CCC(NC(=O)NCc1ccc(NS(C)(=O)=O)cc1)c1cccs1.